The van der Waals surface area contributed by atoms with Crippen LogP contribution < -0.4 is 4.74 Å². The summed E-state index contributed by atoms with van der Waals surface area (Å²) in [6.07, 6.45) is 3.67. The molecule has 0 unspecified atom stereocenters. The lowest BCUT2D eigenvalue weighted by atomic mass is 9.94. The highest BCUT2D eigenvalue weighted by molar-refractivity contribution is 9.08. The van der Waals surface area contributed by atoms with Crippen molar-refractivity contribution in [3.05, 3.63) is 76.9 Å². The summed E-state index contributed by atoms with van der Waals surface area (Å²) >= 11 is 3.62. The van der Waals surface area contributed by atoms with E-state index in [2.05, 4.69) is 55.9 Å². The third-order valence-corrected chi connectivity index (χ3v) is 5.69. The highest BCUT2D eigenvalue weighted by atomic mass is 79.9. The fourth-order valence-electron chi connectivity index (χ4n) is 3.74. The summed E-state index contributed by atoms with van der Waals surface area (Å²) in [4.78, 5) is 11.4. The largest absolute Gasteiger partial charge is 0.497 e. The first-order valence-electron chi connectivity index (χ1n) is 9.02. The summed E-state index contributed by atoms with van der Waals surface area (Å²) in [6.45, 7) is 4.73. The number of aryl methyl sites for hydroxylation is 1. The van der Waals surface area contributed by atoms with Crippen molar-refractivity contribution in [1.82, 2.24) is 14.9 Å². The van der Waals surface area contributed by atoms with Gasteiger partial charge in [0.1, 0.15) is 5.75 Å². The molecule has 0 aliphatic carbocycles. The van der Waals surface area contributed by atoms with Crippen molar-refractivity contribution < 1.29 is 4.74 Å². The van der Waals surface area contributed by atoms with Gasteiger partial charge in [0.05, 0.1) is 12.8 Å². The van der Waals surface area contributed by atoms with Crippen LogP contribution in [0.5, 0.6) is 5.75 Å². The summed E-state index contributed by atoms with van der Waals surface area (Å²) in [6, 6.07) is 12.7. The van der Waals surface area contributed by atoms with Crippen molar-refractivity contribution in [1.29, 1.82) is 0 Å². The standard InChI is InChI=1S/C22H22BrN3O/c1-15-20(4-3-6-24-15)21-9-16(11-23)8-17-12-26(14-22(17)21)13-18-10-19(27-2)5-7-25-18/h3-10H,11-14H2,1-2H3. The van der Waals surface area contributed by atoms with Gasteiger partial charge in [-0.15, -0.1) is 0 Å². The number of methoxy groups -OCH3 is 1. The Morgan fingerprint density at radius 3 is 2.74 bits per heavy atom. The number of halogens is 1. The second-order valence-corrected chi connectivity index (χ2v) is 7.44. The molecule has 138 valence electrons. The first kappa shape index (κ1) is 18.1. The molecular formula is C22H22BrN3O. The Bertz CT molecular complexity index is 974. The van der Waals surface area contributed by atoms with Crippen LogP contribution in [0.15, 0.2) is 48.8 Å². The smallest absolute Gasteiger partial charge is 0.122 e. The van der Waals surface area contributed by atoms with Gasteiger partial charge >= 0.3 is 0 Å². The van der Waals surface area contributed by atoms with Crippen molar-refractivity contribution in [2.75, 3.05) is 7.11 Å². The zero-order valence-corrected chi connectivity index (χ0v) is 17.2. The van der Waals surface area contributed by atoms with E-state index in [1.165, 1.54) is 27.8 Å². The third kappa shape index (κ3) is 3.75. The molecule has 0 N–H and O–H groups in total. The minimum absolute atomic E-state index is 0.807. The molecule has 1 aliphatic rings. The normalized spacial score (nSPS) is 13.6. The minimum Gasteiger partial charge on any atom is -0.497 e. The van der Waals surface area contributed by atoms with Crippen LogP contribution in [-0.4, -0.2) is 22.0 Å². The van der Waals surface area contributed by atoms with Gasteiger partial charge in [-0.2, -0.15) is 0 Å². The minimum atomic E-state index is 0.807. The Labute approximate surface area is 168 Å². The molecule has 0 atom stereocenters. The van der Waals surface area contributed by atoms with Gasteiger partial charge in [0, 0.05) is 54.7 Å². The van der Waals surface area contributed by atoms with Gasteiger partial charge in [-0.05, 0) is 47.4 Å². The Morgan fingerprint density at radius 1 is 1.07 bits per heavy atom. The van der Waals surface area contributed by atoms with E-state index in [9.17, 15) is 0 Å². The highest BCUT2D eigenvalue weighted by Gasteiger charge is 2.24. The van der Waals surface area contributed by atoms with Gasteiger partial charge in [-0.1, -0.05) is 28.1 Å². The molecule has 0 fully saturated rings. The summed E-state index contributed by atoms with van der Waals surface area (Å²) in [5.74, 6) is 0.852. The number of rotatable bonds is 5. The van der Waals surface area contributed by atoms with Crippen molar-refractivity contribution in [3.8, 4) is 16.9 Å². The predicted molar refractivity (Wildman–Crippen MR) is 111 cm³/mol. The van der Waals surface area contributed by atoms with Gasteiger partial charge < -0.3 is 4.74 Å². The molecule has 0 spiro atoms. The number of benzene rings is 1. The van der Waals surface area contributed by atoms with Crippen LogP contribution in [0, 0.1) is 6.92 Å². The van der Waals surface area contributed by atoms with Crippen LogP contribution in [-0.2, 0) is 25.0 Å². The van der Waals surface area contributed by atoms with E-state index in [0.717, 1.165) is 42.1 Å². The molecule has 0 saturated heterocycles. The van der Waals surface area contributed by atoms with Crippen LogP contribution in [0.25, 0.3) is 11.1 Å². The average molecular weight is 424 g/mol. The second-order valence-electron chi connectivity index (χ2n) is 6.88. The number of nitrogens with zero attached hydrogens (tertiary/aromatic N) is 3. The van der Waals surface area contributed by atoms with Crippen molar-refractivity contribution in [2.45, 2.75) is 31.9 Å². The summed E-state index contributed by atoms with van der Waals surface area (Å²) < 4.78 is 5.33. The fourth-order valence-corrected chi connectivity index (χ4v) is 4.07. The topological polar surface area (TPSA) is 38.2 Å². The Morgan fingerprint density at radius 2 is 1.96 bits per heavy atom. The quantitative estimate of drug-likeness (QED) is 0.548. The monoisotopic (exact) mass is 423 g/mol. The first-order chi connectivity index (χ1) is 13.2. The van der Waals surface area contributed by atoms with Crippen LogP contribution in [0.2, 0.25) is 0 Å². The highest BCUT2D eigenvalue weighted by Crippen LogP contribution is 2.36. The van der Waals surface area contributed by atoms with Crippen molar-refractivity contribution >= 4 is 15.9 Å². The lowest BCUT2D eigenvalue weighted by Gasteiger charge is -2.15. The number of hydrogen-bond donors (Lipinski definition) is 0. The van der Waals surface area contributed by atoms with Crippen LogP contribution in [0.3, 0.4) is 0 Å². The van der Waals surface area contributed by atoms with Gasteiger partial charge in [0.25, 0.3) is 0 Å². The molecule has 27 heavy (non-hydrogen) atoms. The molecule has 3 aromatic rings. The zero-order valence-electron chi connectivity index (χ0n) is 15.6. The van der Waals surface area contributed by atoms with E-state index < -0.39 is 0 Å². The van der Waals surface area contributed by atoms with Gasteiger partial charge in [-0.25, -0.2) is 0 Å². The Hall–Kier alpha value is -2.24. The average Bonchev–Trinajstić information content (AvgIpc) is 3.10. The van der Waals surface area contributed by atoms with E-state index in [1.807, 2.05) is 30.6 Å². The molecule has 0 amide bonds. The van der Waals surface area contributed by atoms with E-state index in [1.54, 1.807) is 7.11 Å². The lowest BCUT2D eigenvalue weighted by Crippen LogP contribution is -2.16. The molecule has 1 aromatic carbocycles. The molecule has 1 aliphatic heterocycles. The molecule has 4 rings (SSSR count). The fraction of sp³-hybridized carbons (Fsp3) is 0.273. The summed E-state index contributed by atoms with van der Waals surface area (Å²) in [7, 11) is 1.69. The molecule has 4 nitrogen and oxygen atoms in total. The van der Waals surface area contributed by atoms with Gasteiger partial charge in [0.2, 0.25) is 0 Å². The Balaban J connectivity index is 1.66. The number of hydrogen-bond acceptors (Lipinski definition) is 4. The summed E-state index contributed by atoms with van der Waals surface area (Å²) in [5, 5.41) is 0.851. The number of pyridine rings is 2. The third-order valence-electron chi connectivity index (χ3n) is 5.04. The molecule has 0 saturated carbocycles. The van der Waals surface area contributed by atoms with Crippen LogP contribution >= 0.6 is 15.9 Å². The van der Waals surface area contributed by atoms with Gasteiger partial charge in [0.15, 0.2) is 0 Å². The van der Waals surface area contributed by atoms with Crippen molar-refractivity contribution in [3.63, 3.8) is 0 Å². The molecule has 3 heterocycles. The molecule has 5 heteroatoms. The molecular weight excluding hydrogens is 402 g/mol. The number of fused-ring (bicyclic) bond motifs is 1. The maximum Gasteiger partial charge on any atom is 0.122 e. The second kappa shape index (κ2) is 7.79. The predicted octanol–water partition coefficient (Wildman–Crippen LogP) is 4.87. The van der Waals surface area contributed by atoms with Crippen LogP contribution in [0.4, 0.5) is 0 Å². The van der Waals surface area contributed by atoms with Crippen molar-refractivity contribution in [2.24, 2.45) is 0 Å². The van der Waals surface area contributed by atoms with E-state index in [4.69, 9.17) is 4.74 Å². The summed E-state index contributed by atoms with van der Waals surface area (Å²) in [5.41, 5.74) is 8.72. The molecule has 2 aromatic heterocycles. The van der Waals surface area contributed by atoms with E-state index in [0.29, 0.717) is 0 Å². The maximum atomic E-state index is 5.33. The van der Waals surface area contributed by atoms with E-state index in [-0.39, 0.29) is 0 Å². The van der Waals surface area contributed by atoms with Gasteiger partial charge in [-0.3, -0.25) is 14.9 Å². The number of alkyl halides is 1. The van der Waals surface area contributed by atoms with Crippen LogP contribution in [0.1, 0.15) is 28.1 Å². The zero-order chi connectivity index (χ0) is 18.8. The maximum absolute atomic E-state index is 5.33. The SMILES string of the molecule is COc1ccnc(CN2Cc3cc(CBr)cc(-c4cccnc4C)c3C2)c1. The first-order valence-corrected chi connectivity index (χ1v) is 10.1. The van der Waals surface area contributed by atoms with E-state index >= 15 is 0 Å². The molecule has 0 radical (unpaired) electrons. The molecule has 0 bridgehead atoms. The number of ether oxygens (including phenoxy) is 1. The lowest BCUT2D eigenvalue weighted by molar-refractivity contribution is 0.271. The number of aromatic nitrogens is 2. The Kier molecular flexibility index (Phi) is 5.23.